The molecule has 1 fully saturated rings. The van der Waals surface area contributed by atoms with Gasteiger partial charge in [0.1, 0.15) is 0 Å². The number of nitrogens with one attached hydrogen (secondary N) is 1. The summed E-state index contributed by atoms with van der Waals surface area (Å²) < 4.78 is 0. The molecular weight excluding hydrogens is 146 g/mol. The molecular formula is C11H23N. The predicted molar refractivity (Wildman–Crippen MR) is 54.3 cm³/mol. The van der Waals surface area contributed by atoms with Crippen molar-refractivity contribution >= 4 is 0 Å². The van der Waals surface area contributed by atoms with E-state index in [1.165, 1.54) is 45.2 Å². The zero-order valence-electron chi connectivity index (χ0n) is 8.60. The average Bonchev–Trinajstić information content (AvgIpc) is 2.79. The van der Waals surface area contributed by atoms with E-state index >= 15 is 0 Å². The summed E-state index contributed by atoms with van der Waals surface area (Å²) in [7, 11) is 0. The van der Waals surface area contributed by atoms with Gasteiger partial charge in [0.2, 0.25) is 0 Å². The van der Waals surface area contributed by atoms with Crippen LogP contribution in [0.3, 0.4) is 0 Å². The lowest BCUT2D eigenvalue weighted by Gasteiger charge is -2.06. The zero-order valence-corrected chi connectivity index (χ0v) is 8.60. The van der Waals surface area contributed by atoms with Crippen LogP contribution in [-0.4, -0.2) is 13.1 Å². The van der Waals surface area contributed by atoms with Crippen LogP contribution in [0.25, 0.3) is 0 Å². The average molecular weight is 169 g/mol. The standard InChI is InChI=1S/C11H23N/c1-10(2)7-9-12-8-3-4-11-5-6-11/h10-12H,3-9H2,1-2H3. The molecule has 72 valence electrons. The van der Waals surface area contributed by atoms with Crippen LogP contribution in [0.2, 0.25) is 0 Å². The molecule has 0 atom stereocenters. The van der Waals surface area contributed by atoms with Crippen LogP contribution < -0.4 is 5.32 Å². The van der Waals surface area contributed by atoms with Crippen LogP contribution >= 0.6 is 0 Å². The Hall–Kier alpha value is -0.0400. The highest BCUT2D eigenvalue weighted by molar-refractivity contribution is 4.72. The third-order valence-corrected chi connectivity index (χ3v) is 2.56. The Morgan fingerprint density at radius 3 is 2.58 bits per heavy atom. The van der Waals surface area contributed by atoms with E-state index in [1.54, 1.807) is 0 Å². The third-order valence-electron chi connectivity index (χ3n) is 2.56. The second-order valence-corrected chi connectivity index (χ2v) is 4.52. The summed E-state index contributed by atoms with van der Waals surface area (Å²) in [5, 5.41) is 3.50. The molecule has 1 aliphatic rings. The molecule has 0 heterocycles. The van der Waals surface area contributed by atoms with Crippen LogP contribution in [0.5, 0.6) is 0 Å². The van der Waals surface area contributed by atoms with Gasteiger partial charge in [-0.25, -0.2) is 0 Å². The normalized spacial score (nSPS) is 17.2. The summed E-state index contributed by atoms with van der Waals surface area (Å²) in [6.07, 6.45) is 7.19. The Bertz CT molecular complexity index is 99.6. The largest absolute Gasteiger partial charge is 0.317 e. The van der Waals surface area contributed by atoms with Crippen LogP contribution in [0.4, 0.5) is 0 Å². The highest BCUT2D eigenvalue weighted by Crippen LogP contribution is 2.33. The lowest BCUT2D eigenvalue weighted by atomic mass is 10.1. The van der Waals surface area contributed by atoms with Gasteiger partial charge in [0.15, 0.2) is 0 Å². The first kappa shape index (κ1) is 10.0. The summed E-state index contributed by atoms with van der Waals surface area (Å²) in [5.41, 5.74) is 0. The van der Waals surface area contributed by atoms with Gasteiger partial charge in [-0.15, -0.1) is 0 Å². The van der Waals surface area contributed by atoms with E-state index in [-0.39, 0.29) is 0 Å². The van der Waals surface area contributed by atoms with Crippen LogP contribution in [0, 0.1) is 11.8 Å². The third kappa shape index (κ3) is 5.59. The second-order valence-electron chi connectivity index (χ2n) is 4.52. The first-order valence-electron chi connectivity index (χ1n) is 5.49. The van der Waals surface area contributed by atoms with Gasteiger partial charge in [0.05, 0.1) is 0 Å². The molecule has 0 amide bonds. The summed E-state index contributed by atoms with van der Waals surface area (Å²) in [5.74, 6) is 1.96. The molecule has 0 aromatic heterocycles. The highest BCUT2D eigenvalue weighted by atomic mass is 14.8. The number of hydrogen-bond donors (Lipinski definition) is 1. The van der Waals surface area contributed by atoms with E-state index in [4.69, 9.17) is 0 Å². The van der Waals surface area contributed by atoms with Gasteiger partial charge >= 0.3 is 0 Å². The summed E-state index contributed by atoms with van der Waals surface area (Å²) >= 11 is 0. The first-order valence-corrected chi connectivity index (χ1v) is 5.49. The van der Waals surface area contributed by atoms with Gasteiger partial charge in [0, 0.05) is 0 Å². The SMILES string of the molecule is CC(C)CCNCCCC1CC1. The molecule has 1 N–H and O–H groups in total. The van der Waals surface area contributed by atoms with E-state index in [2.05, 4.69) is 19.2 Å². The van der Waals surface area contributed by atoms with Gasteiger partial charge in [-0.2, -0.15) is 0 Å². The maximum absolute atomic E-state index is 3.50. The molecule has 0 radical (unpaired) electrons. The van der Waals surface area contributed by atoms with Gasteiger partial charge < -0.3 is 5.32 Å². The molecule has 0 spiro atoms. The Kier molecular flexibility index (Phi) is 4.67. The van der Waals surface area contributed by atoms with Crippen molar-refractivity contribution in [3.8, 4) is 0 Å². The zero-order chi connectivity index (χ0) is 8.81. The van der Waals surface area contributed by atoms with Gasteiger partial charge in [-0.05, 0) is 44.2 Å². The van der Waals surface area contributed by atoms with Crippen LogP contribution in [-0.2, 0) is 0 Å². The molecule has 1 rings (SSSR count). The fourth-order valence-corrected chi connectivity index (χ4v) is 1.44. The maximum atomic E-state index is 3.50. The van der Waals surface area contributed by atoms with E-state index in [9.17, 15) is 0 Å². The van der Waals surface area contributed by atoms with Gasteiger partial charge in [-0.3, -0.25) is 0 Å². The van der Waals surface area contributed by atoms with Crippen molar-refractivity contribution in [3.05, 3.63) is 0 Å². The van der Waals surface area contributed by atoms with E-state index in [0.29, 0.717) is 0 Å². The van der Waals surface area contributed by atoms with Gasteiger partial charge in [0.25, 0.3) is 0 Å². The number of rotatable bonds is 7. The molecule has 0 bridgehead atoms. The van der Waals surface area contributed by atoms with E-state index < -0.39 is 0 Å². The topological polar surface area (TPSA) is 12.0 Å². The molecule has 0 aromatic rings. The van der Waals surface area contributed by atoms with Crippen LogP contribution in [0.15, 0.2) is 0 Å². The summed E-state index contributed by atoms with van der Waals surface area (Å²) in [4.78, 5) is 0. The van der Waals surface area contributed by atoms with Crippen LogP contribution in [0.1, 0.15) is 46.0 Å². The quantitative estimate of drug-likeness (QED) is 0.578. The first-order chi connectivity index (χ1) is 5.79. The minimum atomic E-state index is 0.848. The smallest absolute Gasteiger partial charge is 0.00465 e. The molecule has 0 aromatic carbocycles. The van der Waals surface area contributed by atoms with Gasteiger partial charge in [-0.1, -0.05) is 26.7 Å². The van der Waals surface area contributed by atoms with E-state index in [1.807, 2.05) is 0 Å². The predicted octanol–water partition coefficient (Wildman–Crippen LogP) is 2.81. The Morgan fingerprint density at radius 2 is 2.00 bits per heavy atom. The van der Waals surface area contributed by atoms with Crippen molar-refractivity contribution in [1.29, 1.82) is 0 Å². The van der Waals surface area contributed by atoms with Crippen molar-refractivity contribution in [3.63, 3.8) is 0 Å². The molecule has 0 unspecified atom stereocenters. The lowest BCUT2D eigenvalue weighted by Crippen LogP contribution is -2.18. The Balaban J connectivity index is 1.70. The molecule has 1 nitrogen and oxygen atoms in total. The highest BCUT2D eigenvalue weighted by Gasteiger charge is 2.19. The Morgan fingerprint density at radius 1 is 1.25 bits per heavy atom. The van der Waals surface area contributed by atoms with E-state index in [0.717, 1.165) is 11.8 Å². The molecule has 0 aliphatic heterocycles. The second kappa shape index (κ2) is 5.58. The molecule has 1 saturated carbocycles. The number of hydrogen-bond acceptors (Lipinski definition) is 1. The monoisotopic (exact) mass is 169 g/mol. The van der Waals surface area contributed by atoms with Crippen molar-refractivity contribution in [2.75, 3.05) is 13.1 Å². The molecule has 12 heavy (non-hydrogen) atoms. The molecule has 1 heteroatoms. The Labute approximate surface area is 76.9 Å². The molecule has 1 aliphatic carbocycles. The molecule has 0 saturated heterocycles. The lowest BCUT2D eigenvalue weighted by molar-refractivity contribution is 0.521. The fraction of sp³-hybridized carbons (Fsp3) is 1.00. The van der Waals surface area contributed by atoms with Crippen molar-refractivity contribution in [2.45, 2.75) is 46.0 Å². The minimum absolute atomic E-state index is 0.848. The minimum Gasteiger partial charge on any atom is -0.317 e. The maximum Gasteiger partial charge on any atom is -0.00465 e. The van der Waals surface area contributed by atoms with Crippen molar-refractivity contribution in [2.24, 2.45) is 11.8 Å². The fourth-order valence-electron chi connectivity index (χ4n) is 1.44. The summed E-state index contributed by atoms with van der Waals surface area (Å²) in [6, 6.07) is 0. The van der Waals surface area contributed by atoms with Crippen molar-refractivity contribution in [1.82, 2.24) is 5.32 Å². The summed E-state index contributed by atoms with van der Waals surface area (Å²) in [6.45, 7) is 7.02. The van der Waals surface area contributed by atoms with Crippen molar-refractivity contribution < 1.29 is 0 Å².